The molecule has 1 aliphatic carbocycles. The maximum Gasteiger partial charge on any atom is 0.251 e. The zero-order valence-electron chi connectivity index (χ0n) is 11.9. The summed E-state index contributed by atoms with van der Waals surface area (Å²) in [6.07, 6.45) is 4.25. The first-order valence-corrected chi connectivity index (χ1v) is 6.79. The Balaban J connectivity index is 0.00000200. The Hall–Kier alpha value is -1.10. The normalized spacial score (nSPS) is 16.5. The number of nitrogens with two attached hydrogens (primary N) is 1. The summed E-state index contributed by atoms with van der Waals surface area (Å²) in [6.45, 7) is 1.08. The standard InChI is InChI=1S/C15H22N2O2.ClH/c1-19-10-12-4-6-13(7-5-12)14(18)17-15(11-16)8-2-3-9-15;/h4-7H,2-3,8-11,16H2,1H3,(H,17,18);1H. The van der Waals surface area contributed by atoms with Gasteiger partial charge in [0.25, 0.3) is 5.91 Å². The molecule has 1 aliphatic rings. The van der Waals surface area contributed by atoms with Gasteiger partial charge in [-0.1, -0.05) is 25.0 Å². The van der Waals surface area contributed by atoms with Crippen LogP contribution in [0.25, 0.3) is 0 Å². The molecule has 0 spiro atoms. The van der Waals surface area contributed by atoms with Crippen molar-refractivity contribution in [2.45, 2.75) is 37.8 Å². The molecule has 0 saturated heterocycles. The molecule has 0 unspecified atom stereocenters. The van der Waals surface area contributed by atoms with Crippen LogP contribution in [0.3, 0.4) is 0 Å². The molecule has 0 heterocycles. The van der Waals surface area contributed by atoms with Crippen LogP contribution in [0.1, 0.15) is 41.6 Å². The molecule has 0 bridgehead atoms. The maximum atomic E-state index is 12.2. The number of carbonyl (C=O) groups excluding carboxylic acids is 1. The highest BCUT2D eigenvalue weighted by molar-refractivity contribution is 5.94. The fourth-order valence-electron chi connectivity index (χ4n) is 2.66. The van der Waals surface area contributed by atoms with Gasteiger partial charge < -0.3 is 15.8 Å². The lowest BCUT2D eigenvalue weighted by Gasteiger charge is -2.28. The van der Waals surface area contributed by atoms with Crippen LogP contribution < -0.4 is 11.1 Å². The number of amides is 1. The molecular formula is C15H23ClN2O2. The fraction of sp³-hybridized carbons (Fsp3) is 0.533. The topological polar surface area (TPSA) is 64.3 Å². The second kappa shape index (κ2) is 7.62. The second-order valence-electron chi connectivity index (χ2n) is 5.28. The van der Waals surface area contributed by atoms with Crippen LogP contribution in [-0.2, 0) is 11.3 Å². The molecule has 1 aromatic carbocycles. The van der Waals surface area contributed by atoms with Crippen molar-refractivity contribution in [1.82, 2.24) is 5.32 Å². The molecule has 0 atom stereocenters. The lowest BCUT2D eigenvalue weighted by molar-refractivity contribution is 0.0903. The van der Waals surface area contributed by atoms with Crippen LogP contribution >= 0.6 is 12.4 Å². The first-order chi connectivity index (χ1) is 9.19. The monoisotopic (exact) mass is 298 g/mol. The van der Waals surface area contributed by atoms with Gasteiger partial charge in [0.05, 0.1) is 12.1 Å². The molecule has 0 radical (unpaired) electrons. The van der Waals surface area contributed by atoms with Crippen molar-refractivity contribution in [3.63, 3.8) is 0 Å². The van der Waals surface area contributed by atoms with Crippen molar-refractivity contribution in [2.24, 2.45) is 5.73 Å². The maximum absolute atomic E-state index is 12.2. The number of halogens is 1. The van der Waals surface area contributed by atoms with Gasteiger partial charge in [0.1, 0.15) is 0 Å². The largest absolute Gasteiger partial charge is 0.380 e. The smallest absolute Gasteiger partial charge is 0.251 e. The van der Waals surface area contributed by atoms with E-state index in [1.807, 2.05) is 24.3 Å². The summed E-state index contributed by atoms with van der Waals surface area (Å²) in [5.74, 6) is -0.0312. The predicted molar refractivity (Wildman–Crippen MR) is 82.1 cm³/mol. The third kappa shape index (κ3) is 3.95. The molecule has 0 aromatic heterocycles. The average molecular weight is 299 g/mol. The van der Waals surface area contributed by atoms with E-state index >= 15 is 0 Å². The van der Waals surface area contributed by atoms with Crippen LogP contribution in [-0.4, -0.2) is 25.1 Å². The van der Waals surface area contributed by atoms with Crippen molar-refractivity contribution in [3.05, 3.63) is 35.4 Å². The van der Waals surface area contributed by atoms with Crippen molar-refractivity contribution in [1.29, 1.82) is 0 Å². The number of carbonyl (C=O) groups is 1. The van der Waals surface area contributed by atoms with Crippen molar-refractivity contribution >= 4 is 18.3 Å². The SMILES string of the molecule is COCc1ccc(C(=O)NC2(CN)CCCC2)cc1.Cl. The van der Waals surface area contributed by atoms with Crippen molar-refractivity contribution < 1.29 is 9.53 Å². The number of nitrogens with one attached hydrogen (secondary N) is 1. The van der Waals surface area contributed by atoms with E-state index in [4.69, 9.17) is 10.5 Å². The predicted octanol–water partition coefficient (Wildman–Crippen LogP) is 2.26. The van der Waals surface area contributed by atoms with E-state index in [2.05, 4.69) is 5.32 Å². The van der Waals surface area contributed by atoms with E-state index in [0.717, 1.165) is 31.2 Å². The van der Waals surface area contributed by atoms with Crippen molar-refractivity contribution in [2.75, 3.05) is 13.7 Å². The molecule has 3 N–H and O–H groups in total. The number of ether oxygens (including phenoxy) is 1. The van der Waals surface area contributed by atoms with Gasteiger partial charge in [-0.2, -0.15) is 0 Å². The number of benzene rings is 1. The summed E-state index contributed by atoms with van der Waals surface area (Å²) < 4.78 is 5.05. The van der Waals surface area contributed by atoms with E-state index in [1.54, 1.807) is 7.11 Å². The highest BCUT2D eigenvalue weighted by Crippen LogP contribution is 2.28. The van der Waals surface area contributed by atoms with Gasteiger partial charge in [0.2, 0.25) is 0 Å². The van der Waals surface area contributed by atoms with E-state index < -0.39 is 0 Å². The fourth-order valence-corrected chi connectivity index (χ4v) is 2.66. The molecule has 1 aromatic rings. The Morgan fingerprint density at radius 2 is 1.90 bits per heavy atom. The van der Waals surface area contributed by atoms with Gasteiger partial charge in [-0.3, -0.25) is 4.79 Å². The molecule has 0 aliphatic heterocycles. The molecule has 4 nitrogen and oxygen atoms in total. The van der Waals surface area contributed by atoms with Crippen LogP contribution in [0, 0.1) is 0 Å². The molecule has 5 heteroatoms. The first-order valence-electron chi connectivity index (χ1n) is 6.79. The third-order valence-electron chi connectivity index (χ3n) is 3.86. The Kier molecular flexibility index (Phi) is 6.46. The van der Waals surface area contributed by atoms with Gasteiger partial charge >= 0.3 is 0 Å². The third-order valence-corrected chi connectivity index (χ3v) is 3.86. The Morgan fingerprint density at radius 3 is 2.40 bits per heavy atom. The molecular weight excluding hydrogens is 276 g/mol. The van der Waals surface area contributed by atoms with Gasteiger partial charge in [-0.05, 0) is 30.5 Å². The summed E-state index contributed by atoms with van der Waals surface area (Å²) in [4.78, 5) is 12.2. The van der Waals surface area contributed by atoms with E-state index in [1.165, 1.54) is 0 Å². The van der Waals surface area contributed by atoms with Gasteiger partial charge in [0, 0.05) is 19.2 Å². The summed E-state index contributed by atoms with van der Waals surface area (Å²) in [5.41, 5.74) is 7.38. The minimum absolute atomic E-state index is 0. The van der Waals surface area contributed by atoms with Crippen molar-refractivity contribution in [3.8, 4) is 0 Å². The number of methoxy groups -OCH3 is 1. The van der Waals surface area contributed by atoms with Gasteiger partial charge in [-0.25, -0.2) is 0 Å². The summed E-state index contributed by atoms with van der Waals surface area (Å²) in [6, 6.07) is 7.51. The number of hydrogen-bond donors (Lipinski definition) is 2. The molecule has 20 heavy (non-hydrogen) atoms. The van der Waals surface area contributed by atoms with E-state index in [0.29, 0.717) is 18.7 Å². The van der Waals surface area contributed by atoms with Gasteiger partial charge in [-0.15, -0.1) is 12.4 Å². The van der Waals surface area contributed by atoms with Crippen LogP contribution in [0.2, 0.25) is 0 Å². The van der Waals surface area contributed by atoms with E-state index in [-0.39, 0.29) is 23.9 Å². The molecule has 1 amide bonds. The quantitative estimate of drug-likeness (QED) is 0.876. The average Bonchev–Trinajstić information content (AvgIpc) is 2.89. The van der Waals surface area contributed by atoms with Crippen LogP contribution in [0.5, 0.6) is 0 Å². The zero-order chi connectivity index (χ0) is 13.7. The summed E-state index contributed by atoms with van der Waals surface area (Å²) in [7, 11) is 1.66. The molecule has 2 rings (SSSR count). The molecule has 1 saturated carbocycles. The minimum Gasteiger partial charge on any atom is -0.380 e. The molecule has 1 fully saturated rings. The number of hydrogen-bond acceptors (Lipinski definition) is 3. The Morgan fingerprint density at radius 1 is 1.30 bits per heavy atom. The lowest BCUT2D eigenvalue weighted by Crippen LogP contribution is -2.51. The van der Waals surface area contributed by atoms with Gasteiger partial charge in [0.15, 0.2) is 0 Å². The summed E-state index contributed by atoms with van der Waals surface area (Å²) in [5, 5.41) is 3.11. The first kappa shape index (κ1) is 17.0. The minimum atomic E-state index is -0.192. The second-order valence-corrected chi connectivity index (χ2v) is 5.28. The van der Waals surface area contributed by atoms with Crippen LogP contribution in [0.15, 0.2) is 24.3 Å². The number of rotatable bonds is 5. The Bertz CT molecular complexity index is 428. The Labute approximate surface area is 126 Å². The zero-order valence-corrected chi connectivity index (χ0v) is 12.7. The summed E-state index contributed by atoms with van der Waals surface area (Å²) >= 11 is 0. The highest BCUT2D eigenvalue weighted by atomic mass is 35.5. The molecule has 112 valence electrons. The van der Waals surface area contributed by atoms with Crippen LogP contribution in [0.4, 0.5) is 0 Å². The van der Waals surface area contributed by atoms with E-state index in [9.17, 15) is 4.79 Å². The lowest BCUT2D eigenvalue weighted by atomic mass is 9.97. The highest BCUT2D eigenvalue weighted by Gasteiger charge is 2.33.